The lowest BCUT2D eigenvalue weighted by Gasteiger charge is -2.26. The zero-order valence-electron chi connectivity index (χ0n) is 16.1. The van der Waals surface area contributed by atoms with Gasteiger partial charge in [0.15, 0.2) is 0 Å². The molecule has 1 aliphatic rings. The molecule has 0 aliphatic carbocycles. The molecule has 0 spiro atoms. The minimum atomic E-state index is -3.54. The average molecular weight is 403 g/mol. The first-order valence-corrected chi connectivity index (χ1v) is 10.9. The molecule has 2 aromatic carbocycles. The number of rotatable bonds is 7. The Labute approximate surface area is 166 Å². The summed E-state index contributed by atoms with van der Waals surface area (Å²) < 4.78 is 31.8. The number of nitrogens with zero attached hydrogens (tertiary/aromatic N) is 1. The van der Waals surface area contributed by atoms with Gasteiger partial charge in [0, 0.05) is 25.2 Å². The molecule has 0 saturated carbocycles. The van der Waals surface area contributed by atoms with E-state index < -0.39 is 10.0 Å². The molecule has 1 saturated heterocycles. The third-order valence-corrected chi connectivity index (χ3v) is 6.69. The SMILES string of the molecule is Cc1ccc(CCCNC(=O)c2ccc(S(=O)(=O)N3CCOCC3)cc2)cc1. The summed E-state index contributed by atoms with van der Waals surface area (Å²) in [5.41, 5.74) is 2.94. The molecule has 28 heavy (non-hydrogen) atoms. The second-order valence-corrected chi connectivity index (χ2v) is 8.82. The summed E-state index contributed by atoms with van der Waals surface area (Å²) in [5.74, 6) is -0.195. The standard InChI is InChI=1S/C21H26N2O4S/c1-17-4-6-18(7-5-17)3-2-12-22-21(24)19-8-10-20(11-9-19)28(25,26)23-13-15-27-16-14-23/h4-11H,2-3,12-16H2,1H3,(H,22,24). The molecule has 7 heteroatoms. The third kappa shape index (κ3) is 5.19. The highest BCUT2D eigenvalue weighted by Crippen LogP contribution is 2.17. The van der Waals surface area contributed by atoms with Crippen molar-refractivity contribution in [2.45, 2.75) is 24.7 Å². The number of carbonyl (C=O) groups excluding carboxylic acids is 1. The Bertz CT molecular complexity index is 887. The summed E-state index contributed by atoms with van der Waals surface area (Å²) in [6.45, 7) is 4.14. The highest BCUT2D eigenvalue weighted by atomic mass is 32.2. The van der Waals surface area contributed by atoms with Crippen molar-refractivity contribution in [1.82, 2.24) is 9.62 Å². The van der Waals surface area contributed by atoms with E-state index in [0.29, 0.717) is 38.4 Å². The van der Waals surface area contributed by atoms with Gasteiger partial charge < -0.3 is 10.1 Å². The first kappa shape index (κ1) is 20.5. The summed E-state index contributed by atoms with van der Waals surface area (Å²) in [6, 6.07) is 14.5. The number of ether oxygens (including phenoxy) is 1. The van der Waals surface area contributed by atoms with E-state index in [1.165, 1.54) is 27.6 Å². The van der Waals surface area contributed by atoms with Gasteiger partial charge in [-0.2, -0.15) is 4.31 Å². The molecule has 2 aromatic rings. The number of aryl methyl sites for hydroxylation is 2. The molecule has 0 unspecified atom stereocenters. The number of hydrogen-bond acceptors (Lipinski definition) is 4. The van der Waals surface area contributed by atoms with Crippen LogP contribution in [-0.4, -0.2) is 51.5 Å². The molecule has 1 aliphatic heterocycles. The van der Waals surface area contributed by atoms with Crippen molar-refractivity contribution < 1.29 is 17.9 Å². The molecule has 3 rings (SSSR count). The Balaban J connectivity index is 1.51. The molecule has 1 N–H and O–H groups in total. The third-order valence-electron chi connectivity index (χ3n) is 4.77. The lowest BCUT2D eigenvalue weighted by atomic mass is 10.1. The normalized spacial score (nSPS) is 15.3. The number of sulfonamides is 1. The first-order valence-electron chi connectivity index (χ1n) is 9.48. The Morgan fingerprint density at radius 1 is 1.04 bits per heavy atom. The summed E-state index contributed by atoms with van der Waals surface area (Å²) in [6.07, 6.45) is 1.75. The number of amides is 1. The lowest BCUT2D eigenvalue weighted by molar-refractivity contribution is 0.0730. The first-order chi connectivity index (χ1) is 13.5. The van der Waals surface area contributed by atoms with Gasteiger partial charge in [0.2, 0.25) is 10.0 Å². The fraction of sp³-hybridized carbons (Fsp3) is 0.381. The Hall–Kier alpha value is -2.22. The molecule has 150 valence electrons. The molecule has 0 radical (unpaired) electrons. The largest absolute Gasteiger partial charge is 0.379 e. The summed E-state index contributed by atoms with van der Waals surface area (Å²) in [5, 5.41) is 2.89. The van der Waals surface area contributed by atoms with Crippen molar-refractivity contribution in [3.8, 4) is 0 Å². The molecule has 6 nitrogen and oxygen atoms in total. The van der Waals surface area contributed by atoms with Crippen molar-refractivity contribution in [3.63, 3.8) is 0 Å². The molecule has 1 amide bonds. The Morgan fingerprint density at radius 3 is 2.32 bits per heavy atom. The molecule has 0 atom stereocenters. The highest BCUT2D eigenvalue weighted by Gasteiger charge is 2.26. The summed E-state index contributed by atoms with van der Waals surface area (Å²) in [4.78, 5) is 12.5. The van der Waals surface area contributed by atoms with Gasteiger partial charge in [0.1, 0.15) is 0 Å². The minimum absolute atomic E-state index is 0.195. The van der Waals surface area contributed by atoms with Crippen LogP contribution in [0, 0.1) is 6.92 Å². The zero-order chi connectivity index (χ0) is 20.0. The predicted octanol–water partition coefficient (Wildman–Crippen LogP) is 2.38. The lowest BCUT2D eigenvalue weighted by Crippen LogP contribution is -2.40. The van der Waals surface area contributed by atoms with E-state index in [4.69, 9.17) is 4.74 Å². The van der Waals surface area contributed by atoms with Gasteiger partial charge >= 0.3 is 0 Å². The zero-order valence-corrected chi connectivity index (χ0v) is 16.9. The van der Waals surface area contributed by atoms with Crippen molar-refractivity contribution in [2.24, 2.45) is 0 Å². The Morgan fingerprint density at radius 2 is 1.68 bits per heavy atom. The van der Waals surface area contributed by atoms with Crippen LogP contribution in [0.4, 0.5) is 0 Å². The van der Waals surface area contributed by atoms with Crippen molar-refractivity contribution in [2.75, 3.05) is 32.8 Å². The van der Waals surface area contributed by atoms with E-state index in [0.717, 1.165) is 12.8 Å². The van der Waals surface area contributed by atoms with E-state index in [-0.39, 0.29) is 10.8 Å². The molecular formula is C21H26N2O4S. The quantitative estimate of drug-likeness (QED) is 0.722. The molecular weight excluding hydrogens is 376 g/mol. The monoisotopic (exact) mass is 402 g/mol. The van der Waals surface area contributed by atoms with Gasteiger partial charge in [-0.1, -0.05) is 29.8 Å². The number of hydrogen-bond donors (Lipinski definition) is 1. The van der Waals surface area contributed by atoms with E-state index in [1.54, 1.807) is 12.1 Å². The number of nitrogens with one attached hydrogen (secondary N) is 1. The van der Waals surface area contributed by atoms with E-state index in [2.05, 4.69) is 36.5 Å². The highest BCUT2D eigenvalue weighted by molar-refractivity contribution is 7.89. The topological polar surface area (TPSA) is 75.7 Å². The van der Waals surface area contributed by atoms with Crippen LogP contribution in [-0.2, 0) is 21.2 Å². The maximum absolute atomic E-state index is 12.6. The van der Waals surface area contributed by atoms with Crippen LogP contribution < -0.4 is 5.32 Å². The van der Waals surface area contributed by atoms with Crippen molar-refractivity contribution >= 4 is 15.9 Å². The van der Waals surface area contributed by atoms with Crippen molar-refractivity contribution in [1.29, 1.82) is 0 Å². The Kier molecular flexibility index (Phi) is 6.83. The van der Waals surface area contributed by atoms with Crippen LogP contribution in [0.5, 0.6) is 0 Å². The van der Waals surface area contributed by atoms with Crippen molar-refractivity contribution in [3.05, 3.63) is 65.2 Å². The van der Waals surface area contributed by atoms with E-state index in [1.807, 2.05) is 0 Å². The van der Waals surface area contributed by atoms with E-state index in [9.17, 15) is 13.2 Å². The molecule has 0 aromatic heterocycles. The van der Waals surface area contributed by atoms with Crippen LogP contribution >= 0.6 is 0 Å². The smallest absolute Gasteiger partial charge is 0.251 e. The predicted molar refractivity (Wildman–Crippen MR) is 108 cm³/mol. The van der Waals surface area contributed by atoms with Crippen LogP contribution in [0.2, 0.25) is 0 Å². The second kappa shape index (κ2) is 9.32. The van der Waals surface area contributed by atoms with Gasteiger partial charge in [-0.15, -0.1) is 0 Å². The average Bonchev–Trinajstić information content (AvgIpc) is 2.73. The molecule has 1 heterocycles. The maximum Gasteiger partial charge on any atom is 0.251 e. The maximum atomic E-state index is 12.6. The van der Waals surface area contributed by atoms with Gasteiger partial charge in [-0.3, -0.25) is 4.79 Å². The van der Waals surface area contributed by atoms with Gasteiger partial charge in [0.25, 0.3) is 5.91 Å². The summed E-state index contributed by atoms with van der Waals surface area (Å²) >= 11 is 0. The van der Waals surface area contributed by atoms with Gasteiger partial charge in [0.05, 0.1) is 18.1 Å². The molecule has 0 bridgehead atoms. The second-order valence-electron chi connectivity index (χ2n) is 6.89. The molecule has 1 fully saturated rings. The van der Waals surface area contributed by atoms with E-state index >= 15 is 0 Å². The van der Waals surface area contributed by atoms with Gasteiger partial charge in [-0.25, -0.2) is 8.42 Å². The minimum Gasteiger partial charge on any atom is -0.379 e. The van der Waals surface area contributed by atoms with Crippen LogP contribution in [0.3, 0.4) is 0 Å². The fourth-order valence-electron chi connectivity index (χ4n) is 3.07. The van der Waals surface area contributed by atoms with Crippen LogP contribution in [0.1, 0.15) is 27.9 Å². The number of carbonyl (C=O) groups is 1. The van der Waals surface area contributed by atoms with Crippen LogP contribution in [0.25, 0.3) is 0 Å². The number of morpholine rings is 1. The van der Waals surface area contributed by atoms with Gasteiger partial charge in [-0.05, 0) is 49.6 Å². The summed E-state index contributed by atoms with van der Waals surface area (Å²) in [7, 11) is -3.54. The number of benzene rings is 2. The fourth-order valence-corrected chi connectivity index (χ4v) is 4.47. The van der Waals surface area contributed by atoms with Crippen LogP contribution in [0.15, 0.2) is 53.4 Å².